The lowest BCUT2D eigenvalue weighted by Crippen LogP contribution is -2.54. The van der Waals surface area contributed by atoms with Gasteiger partial charge in [-0.15, -0.1) is 0 Å². The number of benzene rings is 4. The zero-order valence-corrected chi connectivity index (χ0v) is 24.0. The minimum atomic E-state index is -5.70. The largest absolute Gasteiger partial charge is 0.508 e. The minimum absolute atomic E-state index is 0.111. The summed E-state index contributed by atoms with van der Waals surface area (Å²) >= 11 is 0. The van der Waals surface area contributed by atoms with Crippen LogP contribution in [0.5, 0.6) is 34.5 Å². The van der Waals surface area contributed by atoms with E-state index in [1.165, 1.54) is 14.2 Å². The van der Waals surface area contributed by atoms with Crippen molar-refractivity contribution in [2.24, 2.45) is 0 Å². The van der Waals surface area contributed by atoms with E-state index in [0.29, 0.717) is 35.8 Å². The molecule has 4 aromatic carbocycles. The molecule has 0 aliphatic heterocycles. The summed E-state index contributed by atoms with van der Waals surface area (Å²) in [4.78, 5) is 0. The molecule has 0 fully saturated rings. The van der Waals surface area contributed by atoms with Crippen molar-refractivity contribution in [2.75, 3.05) is 14.2 Å². The second-order valence-corrected chi connectivity index (χ2v) is 10.2. The number of halogens is 6. The summed E-state index contributed by atoms with van der Waals surface area (Å²) < 4.78 is 91.9. The van der Waals surface area contributed by atoms with Crippen molar-refractivity contribution in [2.45, 2.75) is 37.0 Å². The van der Waals surface area contributed by atoms with Crippen molar-refractivity contribution in [3.63, 3.8) is 0 Å². The van der Waals surface area contributed by atoms with Crippen LogP contribution in [0.3, 0.4) is 0 Å². The van der Waals surface area contributed by atoms with Crippen molar-refractivity contribution in [3.05, 3.63) is 107 Å². The summed E-state index contributed by atoms with van der Waals surface area (Å²) in [5.41, 5.74) is -4.79. The van der Waals surface area contributed by atoms with Crippen LogP contribution in [0.15, 0.2) is 84.9 Å². The van der Waals surface area contributed by atoms with Crippen LogP contribution in [0.1, 0.15) is 36.1 Å². The number of rotatable bonds is 6. The molecule has 0 saturated carbocycles. The summed E-state index contributed by atoms with van der Waals surface area (Å²) in [5.74, 6) is 0.175. The molecule has 0 atom stereocenters. The standard InChI is InChI=1S/C17H20O4.C15H10F6O2/c1-17(2,11-5-7-13(18)15(9-11)20-3)12-6-8-14(19)16(10-12)21-4;16-14(17,18)13(15(19,20)21,9-1-5-11(22)6-2-9)10-3-7-12(23)8-4-10/h5-10,18-19H,1-4H3;1-8,22-23H. The Morgan fingerprint density at radius 1 is 0.477 bits per heavy atom. The molecule has 236 valence electrons. The Balaban J connectivity index is 0.000000241. The van der Waals surface area contributed by atoms with Gasteiger partial charge in [0.15, 0.2) is 23.0 Å². The van der Waals surface area contributed by atoms with E-state index in [0.717, 1.165) is 35.4 Å². The Morgan fingerprint density at radius 3 is 1.05 bits per heavy atom. The molecule has 0 aromatic heterocycles. The highest BCUT2D eigenvalue weighted by molar-refractivity contribution is 5.51. The van der Waals surface area contributed by atoms with E-state index in [2.05, 4.69) is 13.8 Å². The van der Waals surface area contributed by atoms with Crippen LogP contribution < -0.4 is 9.47 Å². The van der Waals surface area contributed by atoms with Gasteiger partial charge in [-0.05, 0) is 70.8 Å². The predicted molar refractivity (Wildman–Crippen MR) is 151 cm³/mol. The van der Waals surface area contributed by atoms with Gasteiger partial charge in [-0.3, -0.25) is 0 Å². The lowest BCUT2D eigenvalue weighted by molar-refractivity contribution is -0.288. The van der Waals surface area contributed by atoms with E-state index in [9.17, 15) is 36.6 Å². The number of hydrogen-bond acceptors (Lipinski definition) is 6. The highest BCUT2D eigenvalue weighted by atomic mass is 19.4. The Labute approximate surface area is 249 Å². The molecule has 12 heteroatoms. The number of ether oxygens (including phenoxy) is 2. The zero-order valence-electron chi connectivity index (χ0n) is 24.0. The third-order valence-corrected chi connectivity index (χ3v) is 7.25. The lowest BCUT2D eigenvalue weighted by atomic mass is 9.73. The van der Waals surface area contributed by atoms with E-state index in [1.54, 1.807) is 12.1 Å². The maximum absolute atomic E-state index is 13.6. The third kappa shape index (κ3) is 6.43. The molecule has 6 nitrogen and oxygen atoms in total. The molecule has 0 radical (unpaired) electrons. The van der Waals surface area contributed by atoms with Gasteiger partial charge in [0, 0.05) is 5.41 Å². The predicted octanol–water partition coefficient (Wildman–Crippen LogP) is 7.95. The first kappa shape index (κ1) is 33.8. The number of hydrogen-bond donors (Lipinski definition) is 4. The molecular formula is C32H30F6O6. The molecule has 0 aliphatic carbocycles. The molecule has 0 amide bonds. The second-order valence-electron chi connectivity index (χ2n) is 10.2. The third-order valence-electron chi connectivity index (χ3n) is 7.25. The van der Waals surface area contributed by atoms with Gasteiger partial charge in [-0.2, -0.15) is 26.3 Å². The molecule has 0 unspecified atom stereocenters. The number of phenolic OH excluding ortho intramolecular Hbond substituents is 4. The van der Waals surface area contributed by atoms with E-state index in [1.807, 2.05) is 24.3 Å². The minimum Gasteiger partial charge on any atom is -0.508 e. The van der Waals surface area contributed by atoms with Crippen molar-refractivity contribution in [1.29, 1.82) is 0 Å². The Bertz CT molecular complexity index is 1450. The highest BCUT2D eigenvalue weighted by Gasteiger charge is 2.72. The SMILES string of the molecule is COc1cc(C(C)(C)c2ccc(O)c(OC)c2)ccc1O.Oc1ccc(C(c2ccc(O)cc2)(C(F)(F)F)C(F)(F)F)cc1. The first-order chi connectivity index (χ1) is 20.4. The van der Waals surface area contributed by atoms with Crippen molar-refractivity contribution in [1.82, 2.24) is 0 Å². The first-order valence-corrected chi connectivity index (χ1v) is 12.9. The lowest BCUT2D eigenvalue weighted by Gasteiger charge is -2.38. The van der Waals surface area contributed by atoms with Crippen LogP contribution in [0.25, 0.3) is 0 Å². The average Bonchev–Trinajstić information content (AvgIpc) is 2.94. The van der Waals surface area contributed by atoms with Gasteiger partial charge in [-0.25, -0.2) is 0 Å². The molecule has 0 heterocycles. The van der Waals surface area contributed by atoms with Crippen LogP contribution in [-0.4, -0.2) is 47.0 Å². The van der Waals surface area contributed by atoms with Crippen LogP contribution in [0.2, 0.25) is 0 Å². The first-order valence-electron chi connectivity index (χ1n) is 12.9. The topological polar surface area (TPSA) is 99.4 Å². The molecule has 0 aliphatic rings. The molecular weight excluding hydrogens is 594 g/mol. The maximum Gasteiger partial charge on any atom is 0.411 e. The van der Waals surface area contributed by atoms with E-state index in [4.69, 9.17) is 19.7 Å². The highest BCUT2D eigenvalue weighted by Crippen LogP contribution is 2.56. The molecule has 44 heavy (non-hydrogen) atoms. The normalized spacial score (nSPS) is 12.2. The Hall–Kier alpha value is -4.74. The molecule has 4 aromatic rings. The average molecular weight is 625 g/mol. The van der Waals surface area contributed by atoms with E-state index >= 15 is 0 Å². The van der Waals surface area contributed by atoms with E-state index < -0.39 is 40.4 Å². The van der Waals surface area contributed by atoms with Gasteiger partial charge < -0.3 is 29.9 Å². The Morgan fingerprint density at radius 2 is 0.773 bits per heavy atom. The molecule has 4 rings (SSSR count). The van der Waals surface area contributed by atoms with Crippen LogP contribution in [0, 0.1) is 0 Å². The second kappa shape index (κ2) is 12.5. The number of aromatic hydroxyl groups is 4. The van der Waals surface area contributed by atoms with Gasteiger partial charge >= 0.3 is 12.4 Å². The molecule has 0 saturated heterocycles. The van der Waals surface area contributed by atoms with Crippen molar-refractivity contribution < 1.29 is 56.2 Å². The van der Waals surface area contributed by atoms with Crippen LogP contribution >= 0.6 is 0 Å². The molecule has 0 spiro atoms. The summed E-state index contributed by atoms with van der Waals surface area (Å²) in [5, 5.41) is 37.7. The monoisotopic (exact) mass is 624 g/mol. The van der Waals surface area contributed by atoms with Gasteiger partial charge in [0.25, 0.3) is 0 Å². The van der Waals surface area contributed by atoms with Crippen LogP contribution in [0.4, 0.5) is 26.3 Å². The molecule has 4 N–H and O–H groups in total. The number of phenols is 4. The quantitative estimate of drug-likeness (QED) is 0.163. The number of alkyl halides is 6. The summed E-state index contributed by atoms with van der Waals surface area (Å²) in [6.45, 7) is 4.12. The van der Waals surface area contributed by atoms with Gasteiger partial charge in [0.1, 0.15) is 11.5 Å². The zero-order chi connectivity index (χ0) is 33.1. The van der Waals surface area contributed by atoms with Gasteiger partial charge in [0.2, 0.25) is 5.41 Å². The Kier molecular flexibility index (Phi) is 9.57. The summed E-state index contributed by atoms with van der Waals surface area (Å²) in [7, 11) is 3.05. The fourth-order valence-corrected chi connectivity index (χ4v) is 4.70. The maximum atomic E-state index is 13.6. The summed E-state index contributed by atoms with van der Waals surface area (Å²) in [6.07, 6.45) is -11.4. The summed E-state index contributed by atoms with van der Waals surface area (Å²) in [6, 6.07) is 15.9. The number of methoxy groups -OCH3 is 2. The van der Waals surface area contributed by atoms with E-state index in [-0.39, 0.29) is 16.9 Å². The fraction of sp³-hybridized carbons (Fsp3) is 0.250. The smallest absolute Gasteiger partial charge is 0.411 e. The van der Waals surface area contributed by atoms with Gasteiger partial charge in [-0.1, -0.05) is 50.2 Å². The van der Waals surface area contributed by atoms with Crippen LogP contribution in [-0.2, 0) is 10.8 Å². The van der Waals surface area contributed by atoms with Gasteiger partial charge in [0.05, 0.1) is 14.2 Å². The van der Waals surface area contributed by atoms with Crippen molar-refractivity contribution >= 4 is 0 Å². The van der Waals surface area contributed by atoms with Crippen molar-refractivity contribution in [3.8, 4) is 34.5 Å². The fourth-order valence-electron chi connectivity index (χ4n) is 4.70. The molecule has 0 bridgehead atoms.